The van der Waals surface area contributed by atoms with Gasteiger partial charge in [0.25, 0.3) is 0 Å². The Balaban J connectivity index is 2.33. The van der Waals surface area contributed by atoms with Gasteiger partial charge in [0.2, 0.25) is 0 Å². The van der Waals surface area contributed by atoms with Crippen molar-refractivity contribution in [2.75, 3.05) is 0 Å². The van der Waals surface area contributed by atoms with Gasteiger partial charge in [-0.1, -0.05) is 11.6 Å². The molecule has 0 aliphatic carbocycles. The summed E-state index contributed by atoms with van der Waals surface area (Å²) in [4.78, 5) is 4.17. The second-order valence-corrected chi connectivity index (χ2v) is 4.01. The lowest BCUT2D eigenvalue weighted by atomic mass is 10.2. The molecule has 3 nitrogen and oxygen atoms in total. The zero-order chi connectivity index (χ0) is 11.7. The molecule has 0 amide bonds. The normalized spacial score (nSPS) is 10.8. The molecule has 16 heavy (non-hydrogen) atoms. The number of hydrogen-bond donors (Lipinski definition) is 0. The van der Waals surface area contributed by atoms with Gasteiger partial charge in [-0.05, 0) is 37.6 Å². The van der Waals surface area contributed by atoms with Gasteiger partial charge in [-0.25, -0.2) is 14.1 Å². The number of aromatic nitrogens is 3. The number of benzene rings is 1. The van der Waals surface area contributed by atoms with E-state index in [0.717, 1.165) is 5.82 Å². The number of aryl methyl sites for hydroxylation is 2. The molecule has 0 N–H and O–H groups in total. The van der Waals surface area contributed by atoms with Crippen LogP contribution in [0.25, 0.3) is 0 Å². The first-order valence-corrected chi connectivity index (χ1v) is 5.26. The van der Waals surface area contributed by atoms with Crippen LogP contribution < -0.4 is 0 Å². The summed E-state index contributed by atoms with van der Waals surface area (Å²) < 4.78 is 14.8. The SMILES string of the molecule is Cc1nc(C)n(Cc2cc(F)ccc2Cl)n1. The van der Waals surface area contributed by atoms with Gasteiger partial charge in [0.05, 0.1) is 6.54 Å². The number of nitrogens with zero attached hydrogens (tertiary/aromatic N) is 3. The highest BCUT2D eigenvalue weighted by Crippen LogP contribution is 2.18. The van der Waals surface area contributed by atoms with Crippen molar-refractivity contribution in [1.82, 2.24) is 14.8 Å². The Morgan fingerprint density at radius 2 is 2.12 bits per heavy atom. The van der Waals surface area contributed by atoms with Crippen molar-refractivity contribution in [3.63, 3.8) is 0 Å². The van der Waals surface area contributed by atoms with E-state index in [0.29, 0.717) is 23.0 Å². The third-order valence-corrected chi connectivity index (χ3v) is 2.66. The molecular weight excluding hydrogens is 229 g/mol. The minimum absolute atomic E-state index is 0.297. The molecule has 0 bridgehead atoms. The maximum atomic E-state index is 13.1. The van der Waals surface area contributed by atoms with Gasteiger partial charge in [0.1, 0.15) is 17.5 Å². The molecule has 1 aromatic carbocycles. The van der Waals surface area contributed by atoms with Crippen LogP contribution in [0.15, 0.2) is 18.2 Å². The lowest BCUT2D eigenvalue weighted by Gasteiger charge is -2.05. The van der Waals surface area contributed by atoms with Gasteiger partial charge in [-0.3, -0.25) is 0 Å². The third kappa shape index (κ3) is 2.22. The molecule has 0 aliphatic rings. The molecule has 1 heterocycles. The van der Waals surface area contributed by atoms with Crippen molar-refractivity contribution < 1.29 is 4.39 Å². The highest BCUT2D eigenvalue weighted by molar-refractivity contribution is 6.31. The van der Waals surface area contributed by atoms with Gasteiger partial charge in [-0.15, -0.1) is 0 Å². The molecule has 0 unspecified atom stereocenters. The summed E-state index contributed by atoms with van der Waals surface area (Å²) in [6.07, 6.45) is 0. The van der Waals surface area contributed by atoms with Crippen molar-refractivity contribution >= 4 is 11.6 Å². The summed E-state index contributed by atoms with van der Waals surface area (Å²) >= 11 is 5.98. The molecule has 0 radical (unpaired) electrons. The van der Waals surface area contributed by atoms with E-state index in [4.69, 9.17) is 11.6 Å². The van der Waals surface area contributed by atoms with E-state index in [1.165, 1.54) is 12.1 Å². The fourth-order valence-corrected chi connectivity index (χ4v) is 1.71. The van der Waals surface area contributed by atoms with Crippen LogP contribution in [0.1, 0.15) is 17.2 Å². The predicted molar refractivity (Wildman–Crippen MR) is 60.0 cm³/mol. The van der Waals surface area contributed by atoms with Crippen LogP contribution in [0.5, 0.6) is 0 Å². The summed E-state index contributed by atoms with van der Waals surface area (Å²) in [5.74, 6) is 1.19. The standard InChI is InChI=1S/C11H11ClFN3/c1-7-14-8(2)16(15-7)6-9-5-10(13)3-4-11(9)12/h3-5H,6H2,1-2H3. The predicted octanol–water partition coefficient (Wildman–Crippen LogP) is 2.74. The first-order chi connectivity index (χ1) is 7.56. The van der Waals surface area contributed by atoms with Gasteiger partial charge in [-0.2, -0.15) is 5.10 Å². The van der Waals surface area contributed by atoms with Crippen molar-refractivity contribution in [3.05, 3.63) is 46.3 Å². The van der Waals surface area contributed by atoms with E-state index in [-0.39, 0.29) is 5.82 Å². The maximum absolute atomic E-state index is 13.1. The summed E-state index contributed by atoms with van der Waals surface area (Å²) in [7, 11) is 0. The van der Waals surface area contributed by atoms with Gasteiger partial charge < -0.3 is 0 Å². The molecular formula is C11H11ClFN3. The molecule has 84 valence electrons. The molecule has 1 aromatic heterocycles. The summed E-state index contributed by atoms with van der Waals surface area (Å²) in [5.41, 5.74) is 0.703. The Kier molecular flexibility index (Phi) is 2.92. The lowest BCUT2D eigenvalue weighted by Crippen LogP contribution is -2.05. The van der Waals surface area contributed by atoms with Crippen LogP contribution in [-0.4, -0.2) is 14.8 Å². The Hall–Kier alpha value is -1.42. The zero-order valence-electron chi connectivity index (χ0n) is 9.04. The topological polar surface area (TPSA) is 30.7 Å². The average Bonchev–Trinajstić information content (AvgIpc) is 2.51. The molecule has 0 spiro atoms. The minimum Gasteiger partial charge on any atom is -0.246 e. The Morgan fingerprint density at radius 3 is 2.75 bits per heavy atom. The minimum atomic E-state index is -0.297. The zero-order valence-corrected chi connectivity index (χ0v) is 9.79. The molecule has 2 rings (SSSR count). The molecule has 2 aromatic rings. The van der Waals surface area contributed by atoms with Crippen molar-refractivity contribution in [2.45, 2.75) is 20.4 Å². The van der Waals surface area contributed by atoms with Crippen LogP contribution in [0.2, 0.25) is 5.02 Å². The van der Waals surface area contributed by atoms with Crippen LogP contribution in [0, 0.1) is 19.7 Å². The Bertz CT molecular complexity index is 522. The highest BCUT2D eigenvalue weighted by Gasteiger charge is 2.07. The Morgan fingerprint density at radius 1 is 1.38 bits per heavy atom. The van der Waals surface area contributed by atoms with E-state index in [1.54, 1.807) is 10.7 Å². The van der Waals surface area contributed by atoms with E-state index in [1.807, 2.05) is 13.8 Å². The van der Waals surface area contributed by atoms with Crippen molar-refractivity contribution in [1.29, 1.82) is 0 Å². The molecule has 0 saturated carbocycles. The van der Waals surface area contributed by atoms with Crippen molar-refractivity contribution in [2.24, 2.45) is 0 Å². The smallest absolute Gasteiger partial charge is 0.147 e. The third-order valence-electron chi connectivity index (χ3n) is 2.29. The number of rotatable bonds is 2. The fraction of sp³-hybridized carbons (Fsp3) is 0.273. The first-order valence-electron chi connectivity index (χ1n) is 4.88. The lowest BCUT2D eigenvalue weighted by molar-refractivity contribution is 0.615. The van der Waals surface area contributed by atoms with Gasteiger partial charge >= 0.3 is 0 Å². The Labute approximate surface area is 97.9 Å². The molecule has 0 fully saturated rings. The van der Waals surface area contributed by atoms with Crippen molar-refractivity contribution in [3.8, 4) is 0 Å². The maximum Gasteiger partial charge on any atom is 0.147 e. The fourth-order valence-electron chi connectivity index (χ4n) is 1.54. The van der Waals surface area contributed by atoms with Crippen LogP contribution in [-0.2, 0) is 6.54 Å². The van der Waals surface area contributed by atoms with Crippen LogP contribution >= 0.6 is 11.6 Å². The van der Waals surface area contributed by atoms with E-state index < -0.39 is 0 Å². The van der Waals surface area contributed by atoms with E-state index >= 15 is 0 Å². The molecule has 5 heteroatoms. The summed E-state index contributed by atoms with van der Waals surface area (Å²) in [5, 5.41) is 4.74. The largest absolute Gasteiger partial charge is 0.246 e. The van der Waals surface area contributed by atoms with Crippen LogP contribution in [0.4, 0.5) is 4.39 Å². The summed E-state index contributed by atoms with van der Waals surface area (Å²) in [6, 6.07) is 4.30. The molecule has 0 saturated heterocycles. The van der Waals surface area contributed by atoms with Crippen LogP contribution in [0.3, 0.4) is 0 Å². The number of hydrogen-bond acceptors (Lipinski definition) is 2. The molecule has 0 atom stereocenters. The van der Waals surface area contributed by atoms with E-state index in [9.17, 15) is 4.39 Å². The van der Waals surface area contributed by atoms with E-state index in [2.05, 4.69) is 10.1 Å². The van der Waals surface area contributed by atoms with Gasteiger partial charge in [0.15, 0.2) is 0 Å². The first kappa shape index (κ1) is 11.1. The monoisotopic (exact) mass is 239 g/mol. The summed E-state index contributed by atoms with van der Waals surface area (Å²) in [6.45, 7) is 4.10. The second kappa shape index (κ2) is 4.22. The average molecular weight is 240 g/mol. The highest BCUT2D eigenvalue weighted by atomic mass is 35.5. The number of halogens is 2. The second-order valence-electron chi connectivity index (χ2n) is 3.60. The quantitative estimate of drug-likeness (QED) is 0.807. The molecule has 0 aliphatic heterocycles. The van der Waals surface area contributed by atoms with Gasteiger partial charge in [0, 0.05) is 5.02 Å².